The summed E-state index contributed by atoms with van der Waals surface area (Å²) in [5, 5.41) is 0. The summed E-state index contributed by atoms with van der Waals surface area (Å²) in [4.78, 5) is 0. The zero-order valence-electron chi connectivity index (χ0n) is 20.1. The summed E-state index contributed by atoms with van der Waals surface area (Å²) in [6.07, 6.45) is 7.63. The highest BCUT2D eigenvalue weighted by Gasteiger charge is 2.45. The van der Waals surface area contributed by atoms with Gasteiger partial charge in [-0.3, -0.25) is 9.11 Å². The lowest BCUT2D eigenvalue weighted by Crippen LogP contribution is -2.53. The second kappa shape index (κ2) is 15.2. The van der Waals surface area contributed by atoms with Crippen molar-refractivity contribution < 1.29 is 30.1 Å². The van der Waals surface area contributed by atoms with Crippen molar-refractivity contribution in [3.05, 3.63) is 0 Å². The van der Waals surface area contributed by atoms with E-state index < -0.39 is 36.9 Å². The second-order valence-electron chi connectivity index (χ2n) is 8.95. The molecule has 0 amide bonds. The molecule has 0 aliphatic rings. The summed E-state index contributed by atoms with van der Waals surface area (Å²) in [7, 11) is -13.3. The van der Waals surface area contributed by atoms with Gasteiger partial charge < -0.3 is 4.12 Å². The quantitative estimate of drug-likeness (QED) is 0.153. The normalized spacial score (nSPS) is 13.6. The zero-order valence-corrected chi connectivity index (χ0v) is 23.7. The highest BCUT2D eigenvalue weighted by molar-refractivity contribution is 7.86. The molecule has 11 heteroatoms. The maximum absolute atomic E-state index is 11.6. The summed E-state index contributed by atoms with van der Waals surface area (Å²) >= 11 is 0. The Morgan fingerprint density at radius 2 is 0.806 bits per heavy atom. The van der Waals surface area contributed by atoms with Gasteiger partial charge in [0.25, 0.3) is 20.2 Å². The van der Waals surface area contributed by atoms with E-state index in [2.05, 4.69) is 27.7 Å². The van der Waals surface area contributed by atoms with Crippen molar-refractivity contribution in [2.75, 3.05) is 11.5 Å². The van der Waals surface area contributed by atoms with Crippen LogP contribution in [0.4, 0.5) is 0 Å². The average molecular weight is 519 g/mol. The van der Waals surface area contributed by atoms with Gasteiger partial charge in [-0.1, -0.05) is 79.1 Å². The van der Waals surface area contributed by atoms with E-state index in [-0.39, 0.29) is 11.5 Å². The SMILES string of the molecule is CCCC[Si](CCCC)(CCS(=O)(=O)O)O[Si](CCCC)(CCCC)CCS(=O)(=O)O. The van der Waals surface area contributed by atoms with Gasteiger partial charge in [-0.05, 0) is 36.3 Å². The first-order chi connectivity index (χ1) is 14.4. The smallest absolute Gasteiger partial charge is 0.264 e. The first-order valence-corrected chi connectivity index (χ1v) is 20.2. The van der Waals surface area contributed by atoms with Crippen molar-refractivity contribution in [1.82, 2.24) is 0 Å². The van der Waals surface area contributed by atoms with E-state index in [1.54, 1.807) is 0 Å². The summed E-state index contributed by atoms with van der Waals surface area (Å²) < 4.78 is 72.5. The van der Waals surface area contributed by atoms with Gasteiger partial charge in [-0.15, -0.1) is 0 Å². The minimum absolute atomic E-state index is 0.295. The standard InChI is InChI=1S/C20H46O7S2Si2/c1-5-9-15-30(16-10-6-2,19-13-28(21,22)23)27-31(17-11-7-3,18-12-8-4)20-14-29(24,25)26/h5-20H2,1-4H3,(H,21,22,23)(H,24,25,26). The number of rotatable bonds is 20. The second-order valence-corrected chi connectivity index (χ2v) is 20.6. The fourth-order valence-electron chi connectivity index (χ4n) is 4.14. The molecule has 0 saturated carbocycles. The van der Waals surface area contributed by atoms with Crippen LogP contribution in [0.15, 0.2) is 0 Å². The summed E-state index contributed by atoms with van der Waals surface area (Å²) in [5.41, 5.74) is 0. The number of hydrogen-bond donors (Lipinski definition) is 2. The van der Waals surface area contributed by atoms with Crippen LogP contribution in [0.1, 0.15) is 79.1 Å². The molecule has 0 saturated heterocycles. The fourth-order valence-corrected chi connectivity index (χ4v) is 20.8. The molecule has 0 fully saturated rings. The molecular formula is C20H46O7S2Si2. The van der Waals surface area contributed by atoms with Crippen LogP contribution in [0, 0.1) is 0 Å². The van der Waals surface area contributed by atoms with Gasteiger partial charge in [-0.2, -0.15) is 16.8 Å². The van der Waals surface area contributed by atoms with E-state index in [4.69, 9.17) is 4.12 Å². The Morgan fingerprint density at radius 3 is 1.00 bits per heavy atom. The van der Waals surface area contributed by atoms with E-state index in [0.717, 1.165) is 75.5 Å². The Bertz CT molecular complexity index is 608. The molecule has 0 bridgehead atoms. The lowest BCUT2D eigenvalue weighted by Gasteiger charge is -2.43. The molecule has 0 rings (SSSR count). The third-order valence-electron chi connectivity index (χ3n) is 6.01. The fraction of sp³-hybridized carbons (Fsp3) is 1.00. The lowest BCUT2D eigenvalue weighted by atomic mass is 10.4. The molecule has 0 heterocycles. The van der Waals surface area contributed by atoms with Gasteiger partial charge in [0.15, 0.2) is 16.6 Å². The Labute approximate surface area is 193 Å². The van der Waals surface area contributed by atoms with Crippen LogP contribution in [0.3, 0.4) is 0 Å². The van der Waals surface area contributed by atoms with Crippen molar-refractivity contribution in [2.45, 2.75) is 115 Å². The van der Waals surface area contributed by atoms with Gasteiger partial charge in [0.05, 0.1) is 11.5 Å². The third-order valence-corrected chi connectivity index (χ3v) is 19.0. The molecule has 0 spiro atoms. The van der Waals surface area contributed by atoms with Gasteiger partial charge in [0.2, 0.25) is 0 Å². The number of hydrogen-bond acceptors (Lipinski definition) is 5. The molecule has 0 aromatic heterocycles. The molecule has 31 heavy (non-hydrogen) atoms. The van der Waals surface area contributed by atoms with Crippen LogP contribution in [0.2, 0.25) is 36.3 Å². The maximum Gasteiger partial charge on any atom is 0.264 e. The molecule has 0 aliphatic carbocycles. The average Bonchev–Trinajstić information content (AvgIpc) is 2.69. The Kier molecular flexibility index (Phi) is 15.3. The van der Waals surface area contributed by atoms with Crippen LogP contribution >= 0.6 is 0 Å². The Balaban J connectivity index is 6.18. The molecule has 2 N–H and O–H groups in total. The molecule has 0 radical (unpaired) electrons. The highest BCUT2D eigenvalue weighted by Crippen LogP contribution is 2.37. The monoisotopic (exact) mass is 518 g/mol. The van der Waals surface area contributed by atoms with E-state index in [9.17, 15) is 25.9 Å². The first kappa shape index (κ1) is 31.2. The molecule has 0 aromatic rings. The minimum Gasteiger partial charge on any atom is -0.455 e. The lowest BCUT2D eigenvalue weighted by molar-refractivity contribution is 0.467. The Morgan fingerprint density at radius 1 is 0.548 bits per heavy atom. The van der Waals surface area contributed by atoms with Crippen LogP contribution in [-0.2, 0) is 24.4 Å². The van der Waals surface area contributed by atoms with Crippen molar-refractivity contribution in [3.8, 4) is 0 Å². The zero-order chi connectivity index (χ0) is 24.0. The van der Waals surface area contributed by atoms with Crippen LogP contribution in [0.25, 0.3) is 0 Å². The van der Waals surface area contributed by atoms with E-state index in [0.29, 0.717) is 12.1 Å². The molecule has 7 nitrogen and oxygen atoms in total. The Hall–Kier alpha value is 0.214. The van der Waals surface area contributed by atoms with E-state index in [1.807, 2.05) is 0 Å². The number of unbranched alkanes of at least 4 members (excludes halogenated alkanes) is 4. The predicted octanol–water partition coefficient (Wildman–Crippen LogP) is 5.87. The maximum atomic E-state index is 11.6. The van der Waals surface area contributed by atoms with E-state index in [1.165, 1.54) is 0 Å². The molecule has 0 unspecified atom stereocenters. The topological polar surface area (TPSA) is 118 Å². The molecule has 0 aliphatic heterocycles. The van der Waals surface area contributed by atoms with Gasteiger partial charge >= 0.3 is 0 Å². The third kappa shape index (κ3) is 14.9. The predicted molar refractivity (Wildman–Crippen MR) is 134 cm³/mol. The van der Waals surface area contributed by atoms with Gasteiger partial charge in [0, 0.05) is 0 Å². The molecule has 188 valence electrons. The van der Waals surface area contributed by atoms with Crippen molar-refractivity contribution in [2.24, 2.45) is 0 Å². The summed E-state index contributed by atoms with van der Waals surface area (Å²) in [5.74, 6) is -0.589. The van der Waals surface area contributed by atoms with Crippen molar-refractivity contribution >= 4 is 36.9 Å². The largest absolute Gasteiger partial charge is 0.455 e. The van der Waals surface area contributed by atoms with Gasteiger partial charge in [-0.25, -0.2) is 0 Å². The molecular weight excluding hydrogens is 473 g/mol. The summed E-state index contributed by atoms with van der Waals surface area (Å²) in [6, 6.07) is 4.03. The van der Waals surface area contributed by atoms with Crippen LogP contribution < -0.4 is 0 Å². The summed E-state index contributed by atoms with van der Waals surface area (Å²) in [6.45, 7) is 8.38. The van der Waals surface area contributed by atoms with Crippen LogP contribution in [-0.4, -0.2) is 54.1 Å². The minimum atomic E-state index is -4.10. The van der Waals surface area contributed by atoms with Crippen molar-refractivity contribution in [3.63, 3.8) is 0 Å². The van der Waals surface area contributed by atoms with Gasteiger partial charge in [0.1, 0.15) is 0 Å². The molecule has 0 atom stereocenters. The molecule has 0 aromatic carbocycles. The van der Waals surface area contributed by atoms with Crippen LogP contribution in [0.5, 0.6) is 0 Å². The highest BCUT2D eigenvalue weighted by atomic mass is 32.2. The van der Waals surface area contributed by atoms with E-state index >= 15 is 0 Å². The van der Waals surface area contributed by atoms with Crippen molar-refractivity contribution in [1.29, 1.82) is 0 Å². The first-order valence-electron chi connectivity index (χ1n) is 12.0.